The van der Waals surface area contributed by atoms with E-state index in [4.69, 9.17) is 0 Å². The van der Waals surface area contributed by atoms with Gasteiger partial charge in [-0.3, -0.25) is 4.90 Å². The Kier molecular flexibility index (Phi) is 9.21. The van der Waals surface area contributed by atoms with Crippen molar-refractivity contribution in [1.82, 2.24) is 9.78 Å². The fourth-order valence-electron chi connectivity index (χ4n) is 3.89. The third-order valence-electron chi connectivity index (χ3n) is 5.54. The Balaban J connectivity index is 0.00000361. The zero-order chi connectivity index (χ0) is 25.4. The molecule has 1 aliphatic heterocycles. The van der Waals surface area contributed by atoms with Gasteiger partial charge in [-0.2, -0.15) is 5.10 Å². The molecule has 0 aliphatic carbocycles. The molecule has 1 aliphatic rings. The summed E-state index contributed by atoms with van der Waals surface area (Å²) >= 11 is 1.57. The van der Waals surface area contributed by atoms with Gasteiger partial charge in [0.1, 0.15) is 15.8 Å². The van der Waals surface area contributed by atoms with Crippen LogP contribution in [0.4, 0.5) is 5.69 Å². The van der Waals surface area contributed by atoms with Crippen molar-refractivity contribution in [2.24, 2.45) is 0 Å². The van der Waals surface area contributed by atoms with Gasteiger partial charge >= 0.3 is 0 Å². The SMILES string of the molecule is Cc1nn(-c2ccc(S(=O)(=O)[O-])cc2)c([O-])c1C=CC1Sc2ccccc2[NH+]1CCCS(=O)(=O)[O-].[Y]. The van der Waals surface area contributed by atoms with E-state index in [9.17, 15) is 31.0 Å². The van der Waals surface area contributed by atoms with Crippen LogP contribution in [0, 0.1) is 6.92 Å². The summed E-state index contributed by atoms with van der Waals surface area (Å²) in [6.07, 6.45) is 3.74. The molecular formula is C22H21N3O7S3Y-2. The molecule has 4 rings (SSSR count). The largest absolute Gasteiger partial charge is 0.858 e. The summed E-state index contributed by atoms with van der Waals surface area (Å²) in [7, 11) is -8.90. The monoisotopic (exact) mass is 624 g/mol. The quantitative estimate of drug-likeness (QED) is 0.357. The molecule has 0 fully saturated rings. The molecule has 3 aromatic rings. The molecule has 10 nitrogen and oxygen atoms in total. The van der Waals surface area contributed by atoms with Crippen LogP contribution in [0.5, 0.6) is 5.88 Å². The molecule has 189 valence electrons. The predicted octanol–water partition coefficient (Wildman–Crippen LogP) is 0.753. The minimum atomic E-state index is -4.60. The molecule has 0 saturated heterocycles. The summed E-state index contributed by atoms with van der Waals surface area (Å²) in [5.74, 6) is -0.848. The van der Waals surface area contributed by atoms with Crippen molar-refractivity contribution in [2.75, 3.05) is 12.3 Å². The summed E-state index contributed by atoms with van der Waals surface area (Å²) in [5, 5.41) is 17.1. The molecule has 0 amide bonds. The van der Waals surface area contributed by atoms with Gasteiger partial charge in [0.15, 0.2) is 5.37 Å². The standard InChI is InChI=1S/C22H23N3O7S3.Y/c1-15-18(22(26)25(23-15)16-7-9-17(10-8-16)35(30,31)32)11-12-21-24(13-4-14-34(27,28)29)19-5-2-3-6-20(19)33-21;/h2-3,5-12,21,26H,4,13-14H2,1H3,(H,27,28,29)(H,30,31,32);/p-2. The van der Waals surface area contributed by atoms with Crippen LogP contribution in [0.3, 0.4) is 0 Å². The summed E-state index contributed by atoms with van der Waals surface area (Å²) in [4.78, 5) is 1.62. The summed E-state index contributed by atoms with van der Waals surface area (Å²) in [6.45, 7) is 2.10. The van der Waals surface area contributed by atoms with Gasteiger partial charge < -0.3 is 14.2 Å². The number of benzene rings is 2. The average molecular weight is 625 g/mol. The number of aryl methyl sites for hydroxylation is 1. The second kappa shape index (κ2) is 11.4. The second-order valence-electron chi connectivity index (χ2n) is 7.95. The van der Waals surface area contributed by atoms with Crippen molar-refractivity contribution in [3.8, 4) is 11.6 Å². The fraction of sp³-hybridized carbons (Fsp3) is 0.227. The molecule has 2 unspecified atom stereocenters. The zero-order valence-corrected chi connectivity index (χ0v) is 24.3. The third-order valence-corrected chi connectivity index (χ3v) is 8.48. The Morgan fingerprint density at radius 3 is 2.39 bits per heavy atom. The van der Waals surface area contributed by atoms with Gasteiger partial charge in [0.25, 0.3) is 0 Å². The van der Waals surface area contributed by atoms with Crippen LogP contribution in [0.2, 0.25) is 0 Å². The van der Waals surface area contributed by atoms with E-state index < -0.39 is 36.8 Å². The number of fused-ring (bicyclic) bond motifs is 1. The number of para-hydroxylation sites is 1. The maximum atomic E-state index is 13.0. The van der Waals surface area contributed by atoms with Crippen molar-refractivity contribution in [3.05, 3.63) is 65.9 Å². The smallest absolute Gasteiger partial charge is 0.163 e. The number of aromatic nitrogens is 2. The van der Waals surface area contributed by atoms with E-state index in [0.717, 1.165) is 32.3 Å². The number of nitrogens with zero attached hydrogens (tertiary/aromatic N) is 2. The van der Waals surface area contributed by atoms with Crippen LogP contribution < -0.4 is 10.0 Å². The van der Waals surface area contributed by atoms with E-state index >= 15 is 0 Å². The fourth-order valence-corrected chi connectivity index (χ4v) is 6.16. The van der Waals surface area contributed by atoms with Crippen LogP contribution >= 0.6 is 11.8 Å². The van der Waals surface area contributed by atoms with Gasteiger partial charge in [0.2, 0.25) is 0 Å². The maximum Gasteiger partial charge on any atom is 0.163 e. The third kappa shape index (κ3) is 6.64. The van der Waals surface area contributed by atoms with E-state index in [1.165, 1.54) is 12.1 Å². The molecule has 1 aromatic heterocycles. The Bertz CT molecular complexity index is 1490. The van der Waals surface area contributed by atoms with E-state index in [1.807, 2.05) is 30.3 Å². The molecule has 1 radical (unpaired) electrons. The molecule has 36 heavy (non-hydrogen) atoms. The summed E-state index contributed by atoms with van der Waals surface area (Å²) in [6, 6.07) is 12.6. The van der Waals surface area contributed by atoms with Gasteiger partial charge in [-0.15, -0.1) is 0 Å². The Morgan fingerprint density at radius 2 is 1.75 bits per heavy atom. The van der Waals surface area contributed by atoms with Gasteiger partial charge in [-0.1, -0.05) is 23.9 Å². The van der Waals surface area contributed by atoms with Crippen LogP contribution in [0.1, 0.15) is 17.7 Å². The molecule has 0 saturated carbocycles. The van der Waals surface area contributed by atoms with Gasteiger partial charge in [0.05, 0.1) is 37.8 Å². The summed E-state index contributed by atoms with van der Waals surface area (Å²) < 4.78 is 67.7. The number of rotatable bonds is 8. The first-order valence-electron chi connectivity index (χ1n) is 10.5. The zero-order valence-electron chi connectivity index (χ0n) is 19.0. The maximum absolute atomic E-state index is 13.0. The number of hydrogen-bond acceptors (Lipinski definition) is 9. The number of hydrogen-bond donors (Lipinski definition) is 1. The van der Waals surface area contributed by atoms with Crippen LogP contribution in [-0.2, 0) is 52.9 Å². The number of thioether (sulfide) groups is 1. The molecule has 0 bridgehead atoms. The average Bonchev–Trinajstić information content (AvgIpc) is 3.27. The first kappa shape index (κ1) is 29.0. The second-order valence-corrected chi connectivity index (χ2v) is 12.0. The first-order valence-corrected chi connectivity index (χ1v) is 14.4. The van der Waals surface area contributed by atoms with E-state index in [0.29, 0.717) is 23.5 Å². The Hall–Kier alpha value is -1.58. The molecule has 2 aromatic carbocycles. The van der Waals surface area contributed by atoms with E-state index in [2.05, 4.69) is 5.10 Å². The van der Waals surface area contributed by atoms with E-state index in [1.54, 1.807) is 24.8 Å². The van der Waals surface area contributed by atoms with Crippen molar-refractivity contribution in [2.45, 2.75) is 28.5 Å². The first-order chi connectivity index (χ1) is 16.4. The van der Waals surface area contributed by atoms with Crippen LogP contribution in [0.25, 0.3) is 11.8 Å². The minimum absolute atomic E-state index is 0. The van der Waals surface area contributed by atoms with Gasteiger partial charge in [0, 0.05) is 56.5 Å². The van der Waals surface area contributed by atoms with E-state index in [-0.39, 0.29) is 44.5 Å². The van der Waals surface area contributed by atoms with Gasteiger partial charge in [-0.25, -0.2) is 21.5 Å². The van der Waals surface area contributed by atoms with Gasteiger partial charge in [-0.05, 0) is 55.3 Å². The Labute approximate surface area is 238 Å². The molecular weight excluding hydrogens is 603 g/mol. The minimum Gasteiger partial charge on any atom is -0.858 e. The Morgan fingerprint density at radius 1 is 1.08 bits per heavy atom. The molecule has 2 heterocycles. The number of nitrogens with one attached hydrogen (secondary N) is 1. The van der Waals surface area contributed by atoms with Crippen LogP contribution in [0.15, 0.2) is 64.4 Å². The van der Waals surface area contributed by atoms with Crippen LogP contribution in [-0.4, -0.2) is 53.4 Å². The van der Waals surface area contributed by atoms with Crippen molar-refractivity contribution in [1.29, 1.82) is 0 Å². The molecule has 14 heteroatoms. The van der Waals surface area contributed by atoms with Crippen molar-refractivity contribution < 1.29 is 68.7 Å². The molecule has 0 spiro atoms. The normalized spacial score (nSPS) is 17.8. The summed E-state index contributed by atoms with van der Waals surface area (Å²) in [5.41, 5.74) is 2.13. The molecule has 2 atom stereocenters. The number of quaternary nitrogens is 1. The molecule has 1 N–H and O–H groups in total. The predicted molar refractivity (Wildman–Crippen MR) is 126 cm³/mol. The van der Waals surface area contributed by atoms with Crippen molar-refractivity contribution >= 4 is 43.8 Å². The topological polar surface area (TPSA) is 160 Å². The van der Waals surface area contributed by atoms with Crippen molar-refractivity contribution in [3.63, 3.8) is 0 Å².